The molecule has 0 amide bonds. The zero-order chi connectivity index (χ0) is 13.1. The molecular formula is C13H13FN4. The number of aromatic nitrogens is 1. The summed E-state index contributed by atoms with van der Waals surface area (Å²) < 4.78 is 13.2. The van der Waals surface area contributed by atoms with E-state index in [-0.39, 0.29) is 11.7 Å². The van der Waals surface area contributed by atoms with Crippen LogP contribution in [-0.2, 0) is 0 Å². The Morgan fingerprint density at radius 2 is 2.00 bits per heavy atom. The molecule has 92 valence electrons. The molecule has 1 aromatic carbocycles. The number of nitrogens with two attached hydrogens (primary N) is 1. The Balaban J connectivity index is 2.36. The maximum atomic E-state index is 13.2. The number of rotatable bonds is 3. The van der Waals surface area contributed by atoms with Gasteiger partial charge in [0.25, 0.3) is 0 Å². The monoisotopic (exact) mass is 244 g/mol. The van der Waals surface area contributed by atoms with Crippen LogP contribution in [-0.4, -0.2) is 17.9 Å². The molecule has 0 fully saturated rings. The van der Waals surface area contributed by atoms with Crippen LogP contribution in [0.15, 0.2) is 42.6 Å². The number of amidine groups is 1. The summed E-state index contributed by atoms with van der Waals surface area (Å²) >= 11 is 0. The van der Waals surface area contributed by atoms with Crippen molar-refractivity contribution < 1.29 is 4.39 Å². The number of halogens is 1. The summed E-state index contributed by atoms with van der Waals surface area (Å²) in [5, 5.41) is 7.35. The van der Waals surface area contributed by atoms with Gasteiger partial charge in [0.2, 0.25) is 0 Å². The van der Waals surface area contributed by atoms with Crippen LogP contribution >= 0.6 is 0 Å². The van der Waals surface area contributed by atoms with Crippen LogP contribution in [0.25, 0.3) is 0 Å². The maximum Gasteiger partial charge on any atom is 0.141 e. The van der Waals surface area contributed by atoms with E-state index in [9.17, 15) is 4.39 Å². The van der Waals surface area contributed by atoms with Crippen LogP contribution in [0.4, 0.5) is 15.8 Å². The van der Waals surface area contributed by atoms with Crippen molar-refractivity contribution >= 4 is 17.2 Å². The summed E-state index contributed by atoms with van der Waals surface area (Å²) in [4.78, 5) is 5.79. The molecule has 1 aromatic heterocycles. The normalized spacial score (nSPS) is 10.1. The third-order valence-electron chi connectivity index (χ3n) is 2.60. The van der Waals surface area contributed by atoms with E-state index in [0.717, 1.165) is 11.4 Å². The molecule has 0 radical (unpaired) electrons. The number of nitrogens with zero attached hydrogens (tertiary/aromatic N) is 2. The topological polar surface area (TPSA) is 66.0 Å². The fourth-order valence-electron chi connectivity index (χ4n) is 1.61. The molecule has 0 unspecified atom stereocenters. The third-order valence-corrected chi connectivity index (χ3v) is 2.60. The van der Waals surface area contributed by atoms with E-state index >= 15 is 0 Å². The molecule has 2 aromatic rings. The Labute approximate surface area is 104 Å². The van der Waals surface area contributed by atoms with Gasteiger partial charge in [-0.2, -0.15) is 0 Å². The molecule has 2 rings (SSSR count). The molecule has 18 heavy (non-hydrogen) atoms. The minimum atomic E-state index is -0.291. The average Bonchev–Trinajstić information content (AvgIpc) is 2.38. The van der Waals surface area contributed by atoms with Crippen LogP contribution in [0.3, 0.4) is 0 Å². The number of nitrogen functional groups attached to an aromatic ring is 1. The molecule has 4 nitrogen and oxygen atoms in total. The first-order valence-electron chi connectivity index (χ1n) is 5.37. The van der Waals surface area contributed by atoms with Crippen molar-refractivity contribution in [3.05, 3.63) is 54.1 Å². The average molecular weight is 244 g/mol. The van der Waals surface area contributed by atoms with Crippen molar-refractivity contribution in [2.24, 2.45) is 5.73 Å². The number of hydrogen-bond donors (Lipinski definition) is 2. The highest BCUT2D eigenvalue weighted by atomic mass is 19.1. The van der Waals surface area contributed by atoms with Crippen LogP contribution in [0.2, 0.25) is 0 Å². The highest BCUT2D eigenvalue weighted by Crippen LogP contribution is 2.23. The summed E-state index contributed by atoms with van der Waals surface area (Å²) in [5.74, 6) is -0.385. The lowest BCUT2D eigenvalue weighted by Crippen LogP contribution is -2.15. The van der Waals surface area contributed by atoms with Crippen LogP contribution in [0.1, 0.15) is 5.69 Å². The lowest BCUT2D eigenvalue weighted by Gasteiger charge is -2.19. The van der Waals surface area contributed by atoms with Crippen LogP contribution in [0.5, 0.6) is 0 Å². The molecule has 1 heterocycles. The Morgan fingerprint density at radius 3 is 2.67 bits per heavy atom. The van der Waals surface area contributed by atoms with E-state index in [4.69, 9.17) is 11.1 Å². The van der Waals surface area contributed by atoms with E-state index in [0.29, 0.717) is 5.69 Å². The number of anilines is 2. The zero-order valence-electron chi connectivity index (χ0n) is 9.89. The van der Waals surface area contributed by atoms with Gasteiger partial charge < -0.3 is 10.6 Å². The van der Waals surface area contributed by atoms with E-state index in [1.165, 1.54) is 12.1 Å². The molecule has 0 saturated carbocycles. The van der Waals surface area contributed by atoms with Crippen molar-refractivity contribution in [2.75, 3.05) is 11.9 Å². The lowest BCUT2D eigenvalue weighted by molar-refractivity contribution is 0.628. The van der Waals surface area contributed by atoms with Gasteiger partial charge in [0, 0.05) is 24.6 Å². The minimum absolute atomic E-state index is 0.0931. The Kier molecular flexibility index (Phi) is 3.23. The second kappa shape index (κ2) is 4.83. The van der Waals surface area contributed by atoms with Crippen molar-refractivity contribution in [3.63, 3.8) is 0 Å². The lowest BCUT2D eigenvalue weighted by atomic mass is 10.2. The van der Waals surface area contributed by atoms with E-state index in [2.05, 4.69) is 4.98 Å². The quantitative estimate of drug-likeness (QED) is 0.643. The number of pyridine rings is 1. The highest BCUT2D eigenvalue weighted by Gasteiger charge is 2.07. The molecular weight excluding hydrogens is 231 g/mol. The molecule has 0 spiro atoms. The molecule has 0 bridgehead atoms. The summed E-state index contributed by atoms with van der Waals surface area (Å²) in [5.41, 5.74) is 7.30. The Bertz CT molecular complexity index is 583. The smallest absolute Gasteiger partial charge is 0.141 e. The number of nitrogens with one attached hydrogen (secondary N) is 1. The Morgan fingerprint density at radius 1 is 1.28 bits per heavy atom. The number of hydrogen-bond acceptors (Lipinski definition) is 3. The molecule has 0 aliphatic rings. The standard InChI is InChI=1S/C13H13FN4/c1-18(10-4-2-3-9(14)7-10)11-5-6-17-12(8-11)13(15)16/h2-8H,1H3,(H3,15,16). The largest absolute Gasteiger partial charge is 0.382 e. The van der Waals surface area contributed by atoms with E-state index in [1.54, 1.807) is 35.4 Å². The van der Waals surface area contributed by atoms with E-state index in [1.807, 2.05) is 7.05 Å². The molecule has 0 aliphatic heterocycles. The first kappa shape index (κ1) is 12.0. The Hall–Kier alpha value is -2.43. The molecule has 0 saturated heterocycles. The SMILES string of the molecule is CN(c1cccc(F)c1)c1ccnc(C(=N)N)c1. The highest BCUT2D eigenvalue weighted by molar-refractivity contribution is 5.94. The summed E-state index contributed by atoms with van der Waals surface area (Å²) in [6.07, 6.45) is 1.57. The predicted molar refractivity (Wildman–Crippen MR) is 69.7 cm³/mol. The first-order chi connectivity index (χ1) is 8.58. The van der Waals surface area contributed by atoms with Gasteiger partial charge in [-0.05, 0) is 30.3 Å². The van der Waals surface area contributed by atoms with Crippen LogP contribution in [0, 0.1) is 11.2 Å². The van der Waals surface area contributed by atoms with Gasteiger partial charge in [-0.15, -0.1) is 0 Å². The fourth-order valence-corrected chi connectivity index (χ4v) is 1.61. The van der Waals surface area contributed by atoms with Crippen molar-refractivity contribution in [1.82, 2.24) is 4.98 Å². The predicted octanol–water partition coefficient (Wildman–Crippen LogP) is 2.27. The summed E-state index contributed by atoms with van der Waals surface area (Å²) in [6.45, 7) is 0. The maximum absolute atomic E-state index is 13.2. The zero-order valence-corrected chi connectivity index (χ0v) is 9.89. The summed E-state index contributed by atoms with van der Waals surface area (Å²) in [7, 11) is 1.81. The van der Waals surface area contributed by atoms with Gasteiger partial charge in [-0.1, -0.05) is 6.07 Å². The van der Waals surface area contributed by atoms with Crippen molar-refractivity contribution in [2.45, 2.75) is 0 Å². The molecule has 3 N–H and O–H groups in total. The van der Waals surface area contributed by atoms with Gasteiger partial charge >= 0.3 is 0 Å². The number of benzene rings is 1. The first-order valence-corrected chi connectivity index (χ1v) is 5.37. The molecule has 0 aliphatic carbocycles. The third kappa shape index (κ3) is 2.45. The van der Waals surface area contributed by atoms with Gasteiger partial charge in [-0.3, -0.25) is 10.4 Å². The van der Waals surface area contributed by atoms with Gasteiger partial charge in [-0.25, -0.2) is 4.39 Å². The second-order valence-corrected chi connectivity index (χ2v) is 3.85. The second-order valence-electron chi connectivity index (χ2n) is 3.85. The van der Waals surface area contributed by atoms with Crippen molar-refractivity contribution in [1.29, 1.82) is 5.41 Å². The van der Waals surface area contributed by atoms with Crippen molar-refractivity contribution in [3.8, 4) is 0 Å². The molecule has 0 atom stereocenters. The molecule has 5 heteroatoms. The fraction of sp³-hybridized carbons (Fsp3) is 0.0769. The minimum Gasteiger partial charge on any atom is -0.382 e. The van der Waals surface area contributed by atoms with Gasteiger partial charge in [0.15, 0.2) is 0 Å². The van der Waals surface area contributed by atoms with Gasteiger partial charge in [0.05, 0.1) is 0 Å². The van der Waals surface area contributed by atoms with Gasteiger partial charge in [0.1, 0.15) is 17.3 Å². The van der Waals surface area contributed by atoms with Crippen LogP contribution < -0.4 is 10.6 Å². The van der Waals surface area contributed by atoms with E-state index < -0.39 is 0 Å². The summed E-state index contributed by atoms with van der Waals surface area (Å²) in [6, 6.07) is 9.74.